The number of para-hydroxylation sites is 1. The van der Waals surface area contributed by atoms with Crippen molar-refractivity contribution in [3.8, 4) is 45.0 Å². The summed E-state index contributed by atoms with van der Waals surface area (Å²) in [4.78, 5) is 10.4. The van der Waals surface area contributed by atoms with Gasteiger partial charge in [0.05, 0.1) is 23.1 Å². The van der Waals surface area contributed by atoms with Crippen LogP contribution in [0.15, 0.2) is 217 Å². The van der Waals surface area contributed by atoms with Gasteiger partial charge in [0.1, 0.15) is 11.2 Å². The molecule has 0 bridgehead atoms. The molecule has 5 nitrogen and oxygen atoms in total. The molecular formula is C57H40N4O. The Bertz CT molecular complexity index is 3310. The Hall–Kier alpha value is -8.12. The van der Waals surface area contributed by atoms with Gasteiger partial charge in [-0.2, -0.15) is 0 Å². The summed E-state index contributed by atoms with van der Waals surface area (Å²) >= 11 is 0. The fourth-order valence-corrected chi connectivity index (χ4v) is 8.68. The molecule has 1 unspecified atom stereocenters. The highest BCUT2D eigenvalue weighted by atomic mass is 16.3. The number of benzene rings is 8. The molecule has 1 aliphatic heterocycles. The maximum Gasteiger partial charge on any atom is 0.160 e. The first-order chi connectivity index (χ1) is 30.6. The van der Waals surface area contributed by atoms with Crippen molar-refractivity contribution in [2.75, 3.05) is 0 Å². The minimum absolute atomic E-state index is 0.416. The first-order valence-corrected chi connectivity index (χ1v) is 20.9. The summed E-state index contributed by atoms with van der Waals surface area (Å²) in [7, 11) is 0. The van der Waals surface area contributed by atoms with E-state index in [0.29, 0.717) is 5.82 Å². The minimum Gasteiger partial charge on any atom is -0.456 e. The SMILES string of the molecule is NC(/C(=C1\NC(c2ccccc2)=Cc2ccccc21)c1ccc(-c2cc(-c3cccc(-c4cccc5oc6ccccc6c45)c3)nc(-c3ccccc3)n2)cc1)c1ccccc1. The van der Waals surface area contributed by atoms with Crippen LogP contribution in [-0.4, -0.2) is 9.97 Å². The van der Waals surface area contributed by atoms with Crippen LogP contribution >= 0.6 is 0 Å². The van der Waals surface area contributed by atoms with Crippen molar-refractivity contribution in [3.05, 3.63) is 240 Å². The highest BCUT2D eigenvalue weighted by Crippen LogP contribution is 2.41. The van der Waals surface area contributed by atoms with E-state index in [2.05, 4.69) is 163 Å². The Balaban J connectivity index is 1.03. The van der Waals surface area contributed by atoms with E-state index in [9.17, 15) is 0 Å². The number of nitrogens with zero attached hydrogens (tertiary/aromatic N) is 2. The molecule has 10 aromatic rings. The van der Waals surface area contributed by atoms with Gasteiger partial charge in [-0.15, -0.1) is 0 Å². The number of nitrogens with one attached hydrogen (secondary N) is 1. The van der Waals surface area contributed by atoms with Gasteiger partial charge in [-0.05, 0) is 63.7 Å². The Kier molecular flexibility index (Phi) is 9.42. The maximum absolute atomic E-state index is 7.32. The van der Waals surface area contributed by atoms with E-state index in [1.165, 1.54) is 0 Å². The van der Waals surface area contributed by atoms with Crippen LogP contribution < -0.4 is 11.1 Å². The molecule has 0 spiro atoms. The fourth-order valence-electron chi connectivity index (χ4n) is 8.68. The van der Waals surface area contributed by atoms with E-state index in [4.69, 9.17) is 20.1 Å². The number of fused-ring (bicyclic) bond motifs is 4. The van der Waals surface area contributed by atoms with Crippen LogP contribution in [-0.2, 0) is 0 Å². The molecule has 5 heteroatoms. The van der Waals surface area contributed by atoms with Crippen LogP contribution in [0.5, 0.6) is 0 Å². The van der Waals surface area contributed by atoms with Crippen molar-refractivity contribution < 1.29 is 4.42 Å². The summed E-state index contributed by atoms with van der Waals surface area (Å²) in [6.07, 6.45) is 2.22. The van der Waals surface area contributed by atoms with Gasteiger partial charge in [0, 0.05) is 44.3 Å². The summed E-state index contributed by atoms with van der Waals surface area (Å²) in [6.45, 7) is 0. The van der Waals surface area contributed by atoms with Crippen molar-refractivity contribution >= 4 is 45.0 Å². The summed E-state index contributed by atoms with van der Waals surface area (Å²) in [5.41, 5.74) is 24.2. The number of rotatable bonds is 8. The van der Waals surface area contributed by atoms with Crippen LogP contribution in [0.1, 0.15) is 33.9 Å². The van der Waals surface area contributed by atoms with Gasteiger partial charge in [0.2, 0.25) is 0 Å². The molecule has 8 aromatic carbocycles. The van der Waals surface area contributed by atoms with Crippen molar-refractivity contribution in [1.82, 2.24) is 15.3 Å². The predicted octanol–water partition coefficient (Wildman–Crippen LogP) is 13.7. The monoisotopic (exact) mass is 796 g/mol. The molecule has 3 N–H and O–H groups in total. The van der Waals surface area contributed by atoms with E-state index < -0.39 is 6.04 Å². The lowest BCUT2D eigenvalue weighted by Crippen LogP contribution is -2.22. The molecule has 62 heavy (non-hydrogen) atoms. The van der Waals surface area contributed by atoms with E-state index in [1.54, 1.807) is 0 Å². The van der Waals surface area contributed by atoms with Gasteiger partial charge < -0.3 is 15.5 Å². The Labute approximate surface area is 360 Å². The lowest BCUT2D eigenvalue weighted by Gasteiger charge is -2.28. The maximum atomic E-state index is 7.32. The van der Waals surface area contributed by atoms with Gasteiger partial charge in [-0.25, -0.2) is 9.97 Å². The summed E-state index contributed by atoms with van der Waals surface area (Å²) in [5.74, 6) is 0.660. The van der Waals surface area contributed by atoms with Crippen LogP contribution in [0, 0.1) is 0 Å². The Morgan fingerprint density at radius 1 is 0.484 bits per heavy atom. The molecule has 0 aliphatic carbocycles. The number of furan rings is 1. The Morgan fingerprint density at radius 2 is 1.08 bits per heavy atom. The van der Waals surface area contributed by atoms with Crippen molar-refractivity contribution in [2.24, 2.45) is 5.73 Å². The zero-order chi connectivity index (χ0) is 41.4. The molecular weight excluding hydrogens is 757 g/mol. The lowest BCUT2D eigenvalue weighted by atomic mass is 9.86. The molecule has 3 heterocycles. The zero-order valence-corrected chi connectivity index (χ0v) is 33.7. The van der Waals surface area contributed by atoms with Crippen molar-refractivity contribution in [1.29, 1.82) is 0 Å². The third kappa shape index (κ3) is 6.86. The third-order valence-electron chi connectivity index (χ3n) is 11.7. The first kappa shape index (κ1) is 36.9. The second-order valence-electron chi connectivity index (χ2n) is 15.6. The molecule has 0 radical (unpaired) electrons. The van der Waals surface area contributed by atoms with Gasteiger partial charge in [0.25, 0.3) is 0 Å². The molecule has 0 fully saturated rings. The summed E-state index contributed by atoms with van der Waals surface area (Å²) in [6, 6.07) is 72.9. The topological polar surface area (TPSA) is 77.0 Å². The first-order valence-electron chi connectivity index (χ1n) is 20.9. The molecule has 294 valence electrons. The van der Waals surface area contributed by atoms with Gasteiger partial charge in [-0.1, -0.05) is 188 Å². The molecule has 0 amide bonds. The van der Waals surface area contributed by atoms with Gasteiger partial charge in [-0.3, -0.25) is 0 Å². The van der Waals surface area contributed by atoms with E-state index in [-0.39, 0.29) is 0 Å². The lowest BCUT2D eigenvalue weighted by molar-refractivity contribution is 0.669. The molecule has 1 aliphatic rings. The van der Waals surface area contributed by atoms with Crippen LogP contribution in [0.25, 0.3) is 90.0 Å². The van der Waals surface area contributed by atoms with Crippen LogP contribution in [0.4, 0.5) is 0 Å². The van der Waals surface area contributed by atoms with Gasteiger partial charge >= 0.3 is 0 Å². The summed E-state index contributed by atoms with van der Waals surface area (Å²) < 4.78 is 6.25. The van der Waals surface area contributed by atoms with Crippen molar-refractivity contribution in [3.63, 3.8) is 0 Å². The quantitative estimate of drug-likeness (QED) is 0.160. The molecule has 0 saturated heterocycles. The normalized spacial score (nSPS) is 13.6. The molecule has 11 rings (SSSR count). The van der Waals surface area contributed by atoms with Crippen LogP contribution in [0.2, 0.25) is 0 Å². The number of hydrogen-bond donors (Lipinski definition) is 2. The average molecular weight is 797 g/mol. The largest absolute Gasteiger partial charge is 0.456 e. The second kappa shape index (κ2) is 15.8. The third-order valence-corrected chi connectivity index (χ3v) is 11.7. The standard InChI is InChI=1S/C57H40N4O/c58-55(40-18-6-2-7-19-40)53(56-46-25-11-10-22-43(46)35-48(59-56)37-16-4-1-5-17-37)39-32-30-38(31-33-39)49-36-50(61-57(60-49)41-20-8-3-9-21-41)44-24-14-23-42(34-44)45-27-15-29-52-54(45)47-26-12-13-28-51(47)62-52/h1-36,55,59H,58H2/b56-53-. The summed E-state index contributed by atoms with van der Waals surface area (Å²) in [5, 5.41) is 6.05. The average Bonchev–Trinajstić information content (AvgIpc) is 3.74. The molecule has 0 saturated carbocycles. The fraction of sp³-hybridized carbons (Fsp3) is 0.0175. The van der Waals surface area contributed by atoms with E-state index in [1.807, 2.05) is 60.7 Å². The van der Waals surface area contributed by atoms with E-state index >= 15 is 0 Å². The van der Waals surface area contributed by atoms with Crippen molar-refractivity contribution in [2.45, 2.75) is 6.04 Å². The highest BCUT2D eigenvalue weighted by Gasteiger charge is 2.25. The molecule has 2 aromatic heterocycles. The van der Waals surface area contributed by atoms with Gasteiger partial charge in [0.15, 0.2) is 5.82 Å². The number of hydrogen-bond acceptors (Lipinski definition) is 5. The number of aromatic nitrogens is 2. The smallest absolute Gasteiger partial charge is 0.160 e. The molecule has 1 atom stereocenters. The minimum atomic E-state index is -0.416. The second-order valence-corrected chi connectivity index (χ2v) is 15.6. The predicted molar refractivity (Wildman–Crippen MR) is 255 cm³/mol. The van der Waals surface area contributed by atoms with Crippen LogP contribution in [0.3, 0.4) is 0 Å². The zero-order valence-electron chi connectivity index (χ0n) is 33.7. The van der Waals surface area contributed by atoms with E-state index in [0.717, 1.165) is 106 Å². The Morgan fingerprint density at radius 3 is 1.87 bits per heavy atom. The highest BCUT2D eigenvalue weighted by molar-refractivity contribution is 6.12. The number of nitrogens with two attached hydrogens (primary N) is 1.